The fourth-order valence-electron chi connectivity index (χ4n) is 1.43. The summed E-state index contributed by atoms with van der Waals surface area (Å²) in [7, 11) is 3.19. The van der Waals surface area contributed by atoms with E-state index in [1.54, 1.807) is 0 Å². The van der Waals surface area contributed by atoms with E-state index >= 15 is 0 Å². The fraction of sp³-hybridized carbons (Fsp3) is 0.545. The third-order valence-corrected chi connectivity index (χ3v) is 2.34. The van der Waals surface area contributed by atoms with E-state index in [2.05, 4.69) is 25.3 Å². The van der Waals surface area contributed by atoms with Gasteiger partial charge in [0.05, 0.1) is 13.5 Å². The highest BCUT2D eigenvalue weighted by molar-refractivity contribution is 5.70. The Kier molecular flexibility index (Phi) is 4.68. The molecular formula is C11H18N4O2. The number of hydrogen-bond donors (Lipinski definition) is 2. The topological polar surface area (TPSA) is 76.1 Å². The monoisotopic (exact) mass is 238 g/mol. The van der Waals surface area contributed by atoms with Gasteiger partial charge in [-0.2, -0.15) is 0 Å². The van der Waals surface area contributed by atoms with Crippen LogP contribution in [0.3, 0.4) is 0 Å². The molecule has 0 amide bonds. The quantitative estimate of drug-likeness (QED) is 0.748. The van der Waals surface area contributed by atoms with Gasteiger partial charge in [-0.25, -0.2) is 9.97 Å². The zero-order valence-corrected chi connectivity index (χ0v) is 10.6. The molecule has 0 fully saturated rings. The molecule has 1 aromatic heterocycles. The van der Waals surface area contributed by atoms with Crippen molar-refractivity contribution >= 4 is 17.6 Å². The first-order chi connectivity index (χ1) is 8.08. The molecule has 1 rings (SSSR count). The normalized spacial score (nSPS) is 9.88. The van der Waals surface area contributed by atoms with E-state index in [0.29, 0.717) is 18.8 Å². The van der Waals surface area contributed by atoms with Crippen molar-refractivity contribution in [3.05, 3.63) is 11.4 Å². The molecule has 0 spiro atoms. The SMILES string of the molecule is CNc1nc(C)nc(NCCC(=O)OC)c1C. The molecule has 0 aliphatic carbocycles. The Balaban J connectivity index is 2.70. The Bertz CT molecular complexity index is 407. The predicted octanol–water partition coefficient (Wildman–Crippen LogP) is 1.11. The molecule has 0 saturated heterocycles. The number of aromatic nitrogens is 2. The molecule has 2 N–H and O–H groups in total. The second-order valence-electron chi connectivity index (χ2n) is 3.60. The number of hydrogen-bond acceptors (Lipinski definition) is 6. The molecule has 0 aliphatic rings. The summed E-state index contributed by atoms with van der Waals surface area (Å²) in [5, 5.41) is 6.11. The van der Waals surface area contributed by atoms with Crippen LogP contribution in [-0.2, 0) is 9.53 Å². The molecule has 0 saturated carbocycles. The van der Waals surface area contributed by atoms with Crippen LogP contribution < -0.4 is 10.6 Å². The Morgan fingerprint density at radius 1 is 1.29 bits per heavy atom. The van der Waals surface area contributed by atoms with E-state index in [-0.39, 0.29) is 5.97 Å². The van der Waals surface area contributed by atoms with Crippen molar-refractivity contribution in [1.82, 2.24) is 9.97 Å². The van der Waals surface area contributed by atoms with Crippen molar-refractivity contribution < 1.29 is 9.53 Å². The minimum atomic E-state index is -0.241. The third-order valence-electron chi connectivity index (χ3n) is 2.34. The van der Waals surface area contributed by atoms with Crippen LogP contribution in [0.15, 0.2) is 0 Å². The lowest BCUT2D eigenvalue weighted by molar-refractivity contribution is -0.140. The van der Waals surface area contributed by atoms with Gasteiger partial charge in [-0.05, 0) is 13.8 Å². The third kappa shape index (κ3) is 3.58. The molecule has 0 aliphatic heterocycles. The lowest BCUT2D eigenvalue weighted by Gasteiger charge is -2.12. The largest absolute Gasteiger partial charge is 0.469 e. The van der Waals surface area contributed by atoms with Gasteiger partial charge in [-0.3, -0.25) is 4.79 Å². The van der Waals surface area contributed by atoms with Gasteiger partial charge < -0.3 is 15.4 Å². The van der Waals surface area contributed by atoms with Gasteiger partial charge in [-0.15, -0.1) is 0 Å². The van der Waals surface area contributed by atoms with E-state index in [1.165, 1.54) is 7.11 Å². The number of carbonyl (C=O) groups excluding carboxylic acids is 1. The number of aryl methyl sites for hydroxylation is 1. The Morgan fingerprint density at radius 2 is 1.94 bits per heavy atom. The second-order valence-corrected chi connectivity index (χ2v) is 3.60. The van der Waals surface area contributed by atoms with Gasteiger partial charge >= 0.3 is 5.97 Å². The summed E-state index contributed by atoms with van der Waals surface area (Å²) < 4.78 is 4.56. The fourth-order valence-corrected chi connectivity index (χ4v) is 1.43. The molecule has 17 heavy (non-hydrogen) atoms. The zero-order chi connectivity index (χ0) is 12.8. The predicted molar refractivity (Wildman–Crippen MR) is 66.2 cm³/mol. The first-order valence-electron chi connectivity index (χ1n) is 5.42. The number of methoxy groups -OCH3 is 1. The molecule has 94 valence electrons. The number of carbonyl (C=O) groups is 1. The van der Waals surface area contributed by atoms with Crippen molar-refractivity contribution in [2.24, 2.45) is 0 Å². The summed E-state index contributed by atoms with van der Waals surface area (Å²) in [6, 6.07) is 0. The maximum absolute atomic E-state index is 11.0. The molecule has 6 heteroatoms. The molecule has 0 bridgehead atoms. The van der Waals surface area contributed by atoms with Crippen LogP contribution in [-0.4, -0.2) is 36.6 Å². The first kappa shape index (κ1) is 13.2. The first-order valence-corrected chi connectivity index (χ1v) is 5.42. The summed E-state index contributed by atoms with van der Waals surface area (Å²) in [6.07, 6.45) is 0.313. The number of nitrogens with one attached hydrogen (secondary N) is 2. The lowest BCUT2D eigenvalue weighted by Crippen LogP contribution is -2.13. The second kappa shape index (κ2) is 6.03. The molecule has 0 radical (unpaired) electrons. The average Bonchev–Trinajstić information content (AvgIpc) is 2.32. The summed E-state index contributed by atoms with van der Waals surface area (Å²) in [6.45, 7) is 4.24. The highest BCUT2D eigenvalue weighted by Crippen LogP contribution is 2.18. The Labute approximate surface area is 101 Å². The van der Waals surface area contributed by atoms with Crippen LogP contribution in [0.1, 0.15) is 17.8 Å². The summed E-state index contributed by atoms with van der Waals surface area (Å²) in [4.78, 5) is 19.5. The molecule has 1 heterocycles. The molecule has 1 aromatic rings. The van der Waals surface area contributed by atoms with Crippen molar-refractivity contribution in [1.29, 1.82) is 0 Å². The molecule has 6 nitrogen and oxygen atoms in total. The minimum Gasteiger partial charge on any atom is -0.469 e. The van der Waals surface area contributed by atoms with E-state index < -0.39 is 0 Å². The standard InChI is InChI=1S/C11H18N4O2/c1-7-10(12-3)14-8(2)15-11(7)13-6-5-9(16)17-4/h5-6H2,1-4H3,(H2,12,13,14,15). The smallest absolute Gasteiger partial charge is 0.307 e. The maximum Gasteiger partial charge on any atom is 0.307 e. The Morgan fingerprint density at radius 3 is 2.53 bits per heavy atom. The van der Waals surface area contributed by atoms with Crippen LogP contribution in [0.5, 0.6) is 0 Å². The van der Waals surface area contributed by atoms with Crippen LogP contribution >= 0.6 is 0 Å². The number of nitrogens with zero attached hydrogens (tertiary/aromatic N) is 2. The van der Waals surface area contributed by atoms with Crippen LogP contribution in [0, 0.1) is 13.8 Å². The summed E-state index contributed by atoms with van der Waals surface area (Å²) in [5.41, 5.74) is 0.933. The summed E-state index contributed by atoms with van der Waals surface area (Å²) >= 11 is 0. The lowest BCUT2D eigenvalue weighted by atomic mass is 10.3. The zero-order valence-electron chi connectivity index (χ0n) is 10.6. The summed E-state index contributed by atoms with van der Waals surface area (Å²) in [5.74, 6) is 1.97. The van der Waals surface area contributed by atoms with Crippen LogP contribution in [0.25, 0.3) is 0 Å². The number of anilines is 2. The molecular weight excluding hydrogens is 220 g/mol. The average molecular weight is 238 g/mol. The van der Waals surface area contributed by atoms with Crippen molar-refractivity contribution in [3.63, 3.8) is 0 Å². The van der Waals surface area contributed by atoms with Gasteiger partial charge in [0.25, 0.3) is 0 Å². The Hall–Kier alpha value is -1.85. The number of ether oxygens (including phenoxy) is 1. The van der Waals surface area contributed by atoms with Crippen LogP contribution in [0.4, 0.5) is 11.6 Å². The van der Waals surface area contributed by atoms with Gasteiger partial charge in [0.15, 0.2) is 0 Å². The molecule has 0 unspecified atom stereocenters. The molecule has 0 atom stereocenters. The van der Waals surface area contributed by atoms with Gasteiger partial charge in [0.1, 0.15) is 17.5 Å². The van der Waals surface area contributed by atoms with Crippen molar-refractivity contribution in [3.8, 4) is 0 Å². The van der Waals surface area contributed by atoms with Gasteiger partial charge in [-0.1, -0.05) is 0 Å². The number of rotatable bonds is 5. The van der Waals surface area contributed by atoms with Gasteiger partial charge in [0.2, 0.25) is 0 Å². The van der Waals surface area contributed by atoms with Crippen LogP contribution in [0.2, 0.25) is 0 Å². The van der Waals surface area contributed by atoms with E-state index in [9.17, 15) is 4.79 Å². The highest BCUT2D eigenvalue weighted by atomic mass is 16.5. The van der Waals surface area contributed by atoms with E-state index in [1.807, 2.05) is 20.9 Å². The van der Waals surface area contributed by atoms with E-state index in [0.717, 1.165) is 17.2 Å². The number of esters is 1. The molecule has 0 aromatic carbocycles. The maximum atomic E-state index is 11.0. The van der Waals surface area contributed by atoms with E-state index in [4.69, 9.17) is 0 Å². The van der Waals surface area contributed by atoms with Gasteiger partial charge in [0, 0.05) is 19.2 Å². The highest BCUT2D eigenvalue weighted by Gasteiger charge is 2.08. The van der Waals surface area contributed by atoms with Crippen molar-refractivity contribution in [2.45, 2.75) is 20.3 Å². The minimum absolute atomic E-state index is 0.241. The van der Waals surface area contributed by atoms with Crippen molar-refractivity contribution in [2.75, 3.05) is 31.3 Å².